The second-order valence-corrected chi connectivity index (χ2v) is 5.91. The van der Waals surface area contributed by atoms with Gasteiger partial charge in [0.25, 0.3) is 0 Å². The molecule has 0 heterocycles. The minimum absolute atomic E-state index is 0.0883. The summed E-state index contributed by atoms with van der Waals surface area (Å²) >= 11 is 0. The lowest BCUT2D eigenvalue weighted by atomic mass is 10.1. The van der Waals surface area contributed by atoms with Crippen LogP contribution in [0.15, 0.2) is 41.4 Å². The van der Waals surface area contributed by atoms with Gasteiger partial charge in [-0.25, -0.2) is 13.8 Å². The number of nitrogens with zero attached hydrogens (tertiary/aromatic N) is 3. The number of ether oxygens (including phenoxy) is 1. The molecular weight excluding hydrogens is 350 g/mol. The predicted molar refractivity (Wildman–Crippen MR) is 100 cm³/mol. The van der Waals surface area contributed by atoms with Crippen molar-refractivity contribution in [1.29, 1.82) is 5.26 Å². The highest BCUT2D eigenvalue weighted by atomic mass is 19.1. The third kappa shape index (κ3) is 5.42. The molecule has 0 fully saturated rings. The lowest BCUT2D eigenvalue weighted by Crippen LogP contribution is -2.38. The zero-order valence-corrected chi connectivity index (χ0v) is 15.6. The molecule has 0 aliphatic heterocycles. The van der Waals surface area contributed by atoms with Crippen LogP contribution < -0.4 is 10.1 Å². The van der Waals surface area contributed by atoms with Gasteiger partial charge in [-0.05, 0) is 42.8 Å². The van der Waals surface area contributed by atoms with E-state index in [2.05, 4.69) is 10.3 Å². The van der Waals surface area contributed by atoms with Crippen LogP contribution >= 0.6 is 0 Å². The second kappa shape index (κ2) is 9.53. The van der Waals surface area contributed by atoms with Crippen molar-refractivity contribution in [3.8, 4) is 11.8 Å². The van der Waals surface area contributed by atoms with E-state index in [1.165, 1.54) is 31.4 Å². The molecule has 0 spiro atoms. The Labute approximate surface area is 157 Å². The number of hydrogen-bond acceptors (Lipinski definition) is 3. The Balaban J connectivity index is 2.17. The molecule has 0 saturated heterocycles. The van der Waals surface area contributed by atoms with Crippen molar-refractivity contribution in [2.45, 2.75) is 20.0 Å². The molecule has 5 nitrogen and oxygen atoms in total. The summed E-state index contributed by atoms with van der Waals surface area (Å²) in [7, 11) is 3.23. The normalized spacial score (nSPS) is 11.0. The molecule has 1 N–H and O–H groups in total. The summed E-state index contributed by atoms with van der Waals surface area (Å²) in [5, 5.41) is 12.1. The molecule has 2 aromatic carbocycles. The highest BCUT2D eigenvalue weighted by Gasteiger charge is 2.10. The number of aliphatic imine (C=N–C) groups is 1. The molecule has 0 amide bonds. The Morgan fingerprint density at radius 1 is 1.22 bits per heavy atom. The Morgan fingerprint density at radius 2 is 2.00 bits per heavy atom. The molecule has 2 rings (SSSR count). The van der Waals surface area contributed by atoms with Crippen LogP contribution in [0.4, 0.5) is 8.78 Å². The SMILES string of the molecule is CCNC(=NCc1cc(C#N)ccc1F)N(C)Cc1ccc(OC)c(F)c1. The summed E-state index contributed by atoms with van der Waals surface area (Å²) in [4.78, 5) is 6.25. The van der Waals surface area contributed by atoms with Gasteiger partial charge in [-0.2, -0.15) is 5.26 Å². The minimum atomic E-state index is -0.430. The predicted octanol–water partition coefficient (Wildman–Crippen LogP) is 3.44. The summed E-state index contributed by atoms with van der Waals surface area (Å²) in [6.07, 6.45) is 0. The lowest BCUT2D eigenvalue weighted by Gasteiger charge is -2.22. The van der Waals surface area contributed by atoms with Crippen LogP contribution in [0.1, 0.15) is 23.6 Å². The number of benzene rings is 2. The molecule has 142 valence electrons. The Hall–Kier alpha value is -3.14. The fourth-order valence-electron chi connectivity index (χ4n) is 2.55. The largest absolute Gasteiger partial charge is 0.494 e. The molecule has 27 heavy (non-hydrogen) atoms. The first-order chi connectivity index (χ1) is 13.0. The molecule has 0 radical (unpaired) electrons. The van der Waals surface area contributed by atoms with Gasteiger partial charge in [-0.1, -0.05) is 6.07 Å². The molecule has 0 aliphatic rings. The summed E-state index contributed by atoms with van der Waals surface area (Å²) in [5.41, 5.74) is 1.47. The maximum absolute atomic E-state index is 13.9. The molecule has 2 aromatic rings. The van der Waals surface area contributed by atoms with Crippen molar-refractivity contribution in [3.05, 3.63) is 64.7 Å². The Kier molecular flexibility index (Phi) is 7.12. The summed E-state index contributed by atoms with van der Waals surface area (Å²) in [6.45, 7) is 3.05. The van der Waals surface area contributed by atoms with E-state index in [9.17, 15) is 8.78 Å². The van der Waals surface area contributed by atoms with E-state index in [-0.39, 0.29) is 12.3 Å². The monoisotopic (exact) mass is 372 g/mol. The number of halogens is 2. The van der Waals surface area contributed by atoms with E-state index < -0.39 is 11.6 Å². The third-order valence-electron chi connectivity index (χ3n) is 3.91. The first kappa shape index (κ1) is 20.2. The molecule has 0 saturated carbocycles. The van der Waals surface area contributed by atoms with Gasteiger partial charge in [-0.15, -0.1) is 0 Å². The minimum Gasteiger partial charge on any atom is -0.494 e. The average Bonchev–Trinajstić information content (AvgIpc) is 2.66. The smallest absolute Gasteiger partial charge is 0.194 e. The number of methoxy groups -OCH3 is 1. The number of rotatable bonds is 6. The zero-order valence-electron chi connectivity index (χ0n) is 15.6. The van der Waals surface area contributed by atoms with E-state index in [0.717, 1.165) is 5.56 Å². The van der Waals surface area contributed by atoms with Crippen molar-refractivity contribution in [1.82, 2.24) is 10.2 Å². The van der Waals surface area contributed by atoms with Gasteiger partial charge in [0.05, 0.1) is 25.3 Å². The molecule has 0 aromatic heterocycles. The Morgan fingerprint density at radius 3 is 2.63 bits per heavy atom. The van der Waals surface area contributed by atoms with Crippen LogP contribution in [0.5, 0.6) is 5.75 Å². The van der Waals surface area contributed by atoms with Gasteiger partial charge in [0.15, 0.2) is 17.5 Å². The summed E-state index contributed by atoms with van der Waals surface area (Å²) in [6, 6.07) is 10.9. The van der Waals surface area contributed by atoms with Crippen LogP contribution in [-0.4, -0.2) is 31.6 Å². The van der Waals surface area contributed by atoms with Gasteiger partial charge >= 0.3 is 0 Å². The van der Waals surface area contributed by atoms with Crippen LogP contribution in [0.2, 0.25) is 0 Å². The number of nitrogens with one attached hydrogen (secondary N) is 1. The van der Waals surface area contributed by atoms with E-state index >= 15 is 0 Å². The highest BCUT2D eigenvalue weighted by Crippen LogP contribution is 2.18. The van der Waals surface area contributed by atoms with E-state index in [1.54, 1.807) is 12.1 Å². The van der Waals surface area contributed by atoms with Crippen LogP contribution in [0.25, 0.3) is 0 Å². The van der Waals surface area contributed by atoms with E-state index in [1.807, 2.05) is 24.9 Å². The topological polar surface area (TPSA) is 60.7 Å². The number of nitriles is 1. The summed E-state index contributed by atoms with van der Waals surface area (Å²) in [5.74, 6) is -0.0977. The van der Waals surface area contributed by atoms with Gasteiger partial charge in [0.1, 0.15) is 5.82 Å². The number of hydrogen-bond donors (Lipinski definition) is 1. The van der Waals surface area contributed by atoms with E-state index in [0.29, 0.717) is 30.2 Å². The van der Waals surface area contributed by atoms with Crippen molar-refractivity contribution >= 4 is 5.96 Å². The van der Waals surface area contributed by atoms with Crippen LogP contribution in [-0.2, 0) is 13.1 Å². The number of guanidine groups is 1. The van der Waals surface area contributed by atoms with Crippen molar-refractivity contribution < 1.29 is 13.5 Å². The maximum Gasteiger partial charge on any atom is 0.194 e. The quantitative estimate of drug-likeness (QED) is 0.623. The standard InChI is InChI=1S/C20H22F2N4O/c1-4-24-20(25-12-16-9-14(11-23)5-7-17(16)21)26(2)13-15-6-8-19(27-3)18(22)10-15/h5-10H,4,12-13H2,1-3H3,(H,24,25). The summed E-state index contributed by atoms with van der Waals surface area (Å²) < 4.78 is 32.7. The first-order valence-electron chi connectivity index (χ1n) is 8.48. The van der Waals surface area contributed by atoms with Gasteiger partial charge < -0.3 is 15.0 Å². The fraction of sp³-hybridized carbons (Fsp3) is 0.300. The molecule has 0 bridgehead atoms. The first-order valence-corrected chi connectivity index (χ1v) is 8.48. The second-order valence-electron chi connectivity index (χ2n) is 5.91. The van der Waals surface area contributed by atoms with Gasteiger partial charge in [-0.3, -0.25) is 0 Å². The third-order valence-corrected chi connectivity index (χ3v) is 3.91. The highest BCUT2D eigenvalue weighted by molar-refractivity contribution is 5.79. The van der Waals surface area contributed by atoms with Gasteiger partial charge in [0, 0.05) is 25.7 Å². The van der Waals surface area contributed by atoms with Gasteiger partial charge in [0.2, 0.25) is 0 Å². The Bertz CT molecular complexity index is 862. The van der Waals surface area contributed by atoms with Crippen LogP contribution in [0.3, 0.4) is 0 Å². The fourth-order valence-corrected chi connectivity index (χ4v) is 2.55. The average molecular weight is 372 g/mol. The van der Waals surface area contributed by atoms with E-state index in [4.69, 9.17) is 10.00 Å². The maximum atomic E-state index is 13.9. The zero-order chi connectivity index (χ0) is 19.8. The molecule has 0 unspecified atom stereocenters. The van der Waals surface area contributed by atoms with Crippen molar-refractivity contribution in [3.63, 3.8) is 0 Å². The molecular formula is C20H22F2N4O. The molecule has 0 aliphatic carbocycles. The lowest BCUT2D eigenvalue weighted by molar-refractivity contribution is 0.385. The van der Waals surface area contributed by atoms with Crippen molar-refractivity contribution in [2.75, 3.05) is 20.7 Å². The van der Waals surface area contributed by atoms with Crippen LogP contribution in [0, 0.1) is 23.0 Å². The molecule has 0 atom stereocenters. The van der Waals surface area contributed by atoms with Crippen molar-refractivity contribution in [2.24, 2.45) is 4.99 Å². The molecule has 7 heteroatoms.